The van der Waals surface area contributed by atoms with E-state index in [9.17, 15) is 27.2 Å². The van der Waals surface area contributed by atoms with Crippen LogP contribution in [0.1, 0.15) is 15.9 Å². The molecule has 0 atom stereocenters. The van der Waals surface area contributed by atoms with E-state index in [2.05, 4.69) is 5.32 Å². The number of nitrogens with one attached hydrogen (secondary N) is 1. The van der Waals surface area contributed by atoms with Crippen LogP contribution in [0.2, 0.25) is 0 Å². The first-order valence-corrected chi connectivity index (χ1v) is 9.88. The predicted molar refractivity (Wildman–Crippen MR) is 108 cm³/mol. The minimum Gasteiger partial charge on any atom is -0.425 e. The fourth-order valence-corrected chi connectivity index (χ4v) is 3.50. The zero-order valence-electron chi connectivity index (χ0n) is 17.3. The van der Waals surface area contributed by atoms with E-state index in [1.807, 2.05) is 0 Å². The predicted octanol–water partition coefficient (Wildman–Crippen LogP) is 4.45. The Labute approximate surface area is 184 Å². The molecule has 3 aromatic rings. The van der Waals surface area contributed by atoms with Crippen LogP contribution in [0.5, 0.6) is 5.95 Å². The molecule has 11 heteroatoms. The number of carbonyl (C=O) groups excluding carboxylic acids is 2. The summed E-state index contributed by atoms with van der Waals surface area (Å²) < 4.78 is 70.8. The van der Waals surface area contributed by atoms with E-state index in [1.54, 1.807) is 0 Å². The van der Waals surface area contributed by atoms with Crippen molar-refractivity contribution < 1.29 is 41.0 Å². The van der Waals surface area contributed by atoms with Crippen LogP contribution in [-0.2, 0) is 10.9 Å². The van der Waals surface area contributed by atoms with Gasteiger partial charge < -0.3 is 24.1 Å². The van der Waals surface area contributed by atoms with Gasteiger partial charge in [0, 0.05) is 31.6 Å². The van der Waals surface area contributed by atoms with Crippen LogP contribution in [0, 0.1) is 5.82 Å². The van der Waals surface area contributed by atoms with Crippen molar-refractivity contribution >= 4 is 23.0 Å². The number of hydrogen-bond donors (Lipinski definition) is 1. The first-order chi connectivity index (χ1) is 15.7. The number of fused-ring (bicyclic) bond motifs is 1. The minimum absolute atomic E-state index is 0.0177. The fourth-order valence-electron chi connectivity index (χ4n) is 3.50. The lowest BCUT2D eigenvalue weighted by molar-refractivity contribution is -0.136. The second-order valence-corrected chi connectivity index (χ2v) is 7.24. The molecule has 33 heavy (non-hydrogen) atoms. The highest BCUT2D eigenvalue weighted by Crippen LogP contribution is 2.41. The van der Waals surface area contributed by atoms with Crippen molar-refractivity contribution in [3.05, 3.63) is 53.3 Å². The number of nitrogens with zero attached hydrogens (tertiary/aromatic N) is 1. The van der Waals surface area contributed by atoms with Crippen LogP contribution in [-0.4, -0.2) is 50.3 Å². The van der Waals surface area contributed by atoms with Crippen LogP contribution < -0.4 is 10.1 Å². The third-order valence-corrected chi connectivity index (χ3v) is 5.12. The molecule has 0 aliphatic carbocycles. The van der Waals surface area contributed by atoms with E-state index in [-0.39, 0.29) is 35.2 Å². The van der Waals surface area contributed by atoms with Gasteiger partial charge in [0.1, 0.15) is 5.82 Å². The van der Waals surface area contributed by atoms with Gasteiger partial charge in [-0.3, -0.25) is 4.79 Å². The fraction of sp³-hybridized carbons (Fsp3) is 0.273. The van der Waals surface area contributed by atoms with Gasteiger partial charge in [-0.1, -0.05) is 6.07 Å². The Bertz CT molecular complexity index is 1220. The molecule has 1 aromatic heterocycles. The summed E-state index contributed by atoms with van der Waals surface area (Å²) in [4.78, 5) is 25.6. The second kappa shape index (κ2) is 8.74. The SMILES string of the molecule is CNC(=O)Oc1cc2cc(-c3ccc(F)c(C(=O)N4CCOCC4)c3)cc(C(F)(F)F)c2o1. The molecule has 0 bridgehead atoms. The number of alkyl halides is 3. The van der Waals surface area contributed by atoms with Crippen LogP contribution in [0.3, 0.4) is 0 Å². The number of carbonyl (C=O) groups is 2. The molecular weight excluding hydrogens is 448 g/mol. The topological polar surface area (TPSA) is 81.0 Å². The minimum atomic E-state index is -4.79. The summed E-state index contributed by atoms with van der Waals surface area (Å²) in [5, 5.41) is 2.18. The molecule has 2 heterocycles. The van der Waals surface area contributed by atoms with E-state index in [0.717, 1.165) is 18.2 Å². The van der Waals surface area contributed by atoms with Gasteiger partial charge in [-0.05, 0) is 35.4 Å². The Kier molecular flexibility index (Phi) is 5.98. The molecule has 4 rings (SSSR count). The maximum atomic E-state index is 14.4. The highest BCUT2D eigenvalue weighted by Gasteiger charge is 2.35. The largest absolute Gasteiger partial charge is 0.425 e. The number of benzene rings is 2. The summed E-state index contributed by atoms with van der Waals surface area (Å²) in [5.74, 6) is -1.77. The van der Waals surface area contributed by atoms with Crippen molar-refractivity contribution in [1.29, 1.82) is 0 Å². The van der Waals surface area contributed by atoms with Crippen molar-refractivity contribution in [1.82, 2.24) is 10.2 Å². The molecule has 1 saturated heterocycles. The molecule has 1 aliphatic rings. The Morgan fingerprint density at radius 2 is 1.79 bits per heavy atom. The number of rotatable bonds is 3. The van der Waals surface area contributed by atoms with E-state index in [1.165, 1.54) is 30.1 Å². The van der Waals surface area contributed by atoms with Gasteiger partial charge in [0.15, 0.2) is 5.58 Å². The first kappa shape index (κ1) is 22.6. The summed E-state index contributed by atoms with van der Waals surface area (Å²) >= 11 is 0. The Balaban J connectivity index is 1.79. The molecule has 2 aromatic carbocycles. The average molecular weight is 466 g/mol. The Morgan fingerprint density at radius 3 is 2.45 bits per heavy atom. The summed E-state index contributed by atoms with van der Waals surface area (Å²) in [6.07, 6.45) is -5.70. The smallest absolute Gasteiger partial charge is 0.420 e. The highest BCUT2D eigenvalue weighted by molar-refractivity contribution is 5.96. The van der Waals surface area contributed by atoms with Crippen molar-refractivity contribution in [2.24, 2.45) is 0 Å². The number of hydrogen-bond acceptors (Lipinski definition) is 5. The Morgan fingerprint density at radius 1 is 1.06 bits per heavy atom. The number of ether oxygens (including phenoxy) is 2. The molecule has 2 amide bonds. The monoisotopic (exact) mass is 466 g/mol. The quantitative estimate of drug-likeness (QED) is 0.577. The van der Waals surface area contributed by atoms with Gasteiger partial charge >= 0.3 is 12.3 Å². The molecule has 174 valence electrons. The van der Waals surface area contributed by atoms with Crippen molar-refractivity contribution in [3.8, 4) is 17.1 Å². The highest BCUT2D eigenvalue weighted by atomic mass is 19.4. The lowest BCUT2D eigenvalue weighted by Gasteiger charge is -2.27. The van der Waals surface area contributed by atoms with E-state index < -0.39 is 41.1 Å². The molecular formula is C22H18F4N2O5. The normalized spacial score (nSPS) is 14.4. The standard InChI is InChI=1S/C22H18F4N2O5/c1-27-21(30)33-18-11-14-8-13(10-16(19(14)32-18)22(24,25)26)12-2-3-17(23)15(9-12)20(29)28-4-6-31-7-5-28/h2-3,8-11H,4-7H2,1H3,(H,27,30). The number of halogens is 4. The van der Waals surface area contributed by atoms with Crippen molar-refractivity contribution in [3.63, 3.8) is 0 Å². The third kappa shape index (κ3) is 4.63. The van der Waals surface area contributed by atoms with Crippen LogP contribution in [0.15, 0.2) is 40.8 Å². The van der Waals surface area contributed by atoms with E-state index in [0.29, 0.717) is 13.2 Å². The van der Waals surface area contributed by atoms with E-state index >= 15 is 0 Å². The summed E-state index contributed by atoms with van der Waals surface area (Å²) in [6, 6.07) is 6.90. The summed E-state index contributed by atoms with van der Waals surface area (Å²) in [6.45, 7) is 1.21. The van der Waals surface area contributed by atoms with Crippen molar-refractivity contribution in [2.75, 3.05) is 33.4 Å². The number of amides is 2. The van der Waals surface area contributed by atoms with Gasteiger partial charge in [0.25, 0.3) is 11.9 Å². The molecule has 1 fully saturated rings. The van der Waals surface area contributed by atoms with Crippen LogP contribution in [0.4, 0.5) is 22.4 Å². The van der Waals surface area contributed by atoms with Gasteiger partial charge in [-0.2, -0.15) is 13.2 Å². The van der Waals surface area contributed by atoms with Gasteiger partial charge in [-0.15, -0.1) is 0 Å². The molecule has 7 nitrogen and oxygen atoms in total. The van der Waals surface area contributed by atoms with Crippen LogP contribution >= 0.6 is 0 Å². The summed E-state index contributed by atoms with van der Waals surface area (Å²) in [7, 11) is 1.29. The molecule has 1 aliphatic heterocycles. The van der Waals surface area contributed by atoms with Crippen molar-refractivity contribution in [2.45, 2.75) is 6.18 Å². The molecule has 0 radical (unpaired) electrons. The molecule has 1 N–H and O–H groups in total. The van der Waals surface area contributed by atoms with Gasteiger partial charge in [0.2, 0.25) is 0 Å². The third-order valence-electron chi connectivity index (χ3n) is 5.12. The summed E-state index contributed by atoms with van der Waals surface area (Å²) in [5.41, 5.74) is -1.59. The lowest BCUT2D eigenvalue weighted by Crippen LogP contribution is -2.41. The number of morpholine rings is 1. The maximum Gasteiger partial charge on any atom is 0.420 e. The first-order valence-electron chi connectivity index (χ1n) is 9.88. The second-order valence-electron chi connectivity index (χ2n) is 7.24. The molecule has 0 unspecified atom stereocenters. The zero-order valence-corrected chi connectivity index (χ0v) is 17.3. The number of furan rings is 1. The van der Waals surface area contributed by atoms with Gasteiger partial charge in [-0.25, -0.2) is 9.18 Å². The molecule has 0 saturated carbocycles. The average Bonchev–Trinajstić information content (AvgIpc) is 3.20. The Hall–Kier alpha value is -3.60. The zero-order chi connectivity index (χ0) is 23.8. The van der Waals surface area contributed by atoms with Crippen LogP contribution in [0.25, 0.3) is 22.1 Å². The molecule has 0 spiro atoms. The van der Waals surface area contributed by atoms with Gasteiger partial charge in [0.05, 0.1) is 24.3 Å². The lowest BCUT2D eigenvalue weighted by atomic mass is 9.98. The van der Waals surface area contributed by atoms with E-state index in [4.69, 9.17) is 13.9 Å². The maximum absolute atomic E-state index is 14.4.